The van der Waals surface area contributed by atoms with Gasteiger partial charge in [0, 0.05) is 21.9 Å². The average Bonchev–Trinajstić information content (AvgIpc) is 2.03. The van der Waals surface area contributed by atoms with E-state index in [1.54, 1.807) is 6.07 Å². The smallest absolute Gasteiger partial charge is 0.280 e. The van der Waals surface area contributed by atoms with Gasteiger partial charge in [-0.3, -0.25) is 4.98 Å². The van der Waals surface area contributed by atoms with Gasteiger partial charge in [-0.05, 0) is 28.7 Å². The minimum absolute atomic E-state index is 0.103. The number of alkyl halides is 2. The summed E-state index contributed by atoms with van der Waals surface area (Å²) in [6, 6.07) is 1.66. The maximum Gasteiger partial charge on any atom is 0.280 e. The Kier molecular flexibility index (Phi) is 3.33. The molecule has 1 aromatic rings. The van der Waals surface area contributed by atoms with Gasteiger partial charge in [-0.25, -0.2) is 8.78 Å². The molecular weight excluding hydrogens is 277 g/mol. The predicted octanol–water partition coefficient (Wildman–Crippen LogP) is 2.08. The van der Waals surface area contributed by atoms with Gasteiger partial charge in [0.25, 0.3) is 6.43 Å². The van der Waals surface area contributed by atoms with Crippen LogP contribution < -0.4 is 5.73 Å². The van der Waals surface area contributed by atoms with Crippen LogP contribution in [0.25, 0.3) is 0 Å². The number of hydrogen-bond acceptors (Lipinski definition) is 2. The minimum Gasteiger partial charge on any atom is -0.326 e. The number of halogens is 3. The van der Waals surface area contributed by atoms with E-state index in [4.69, 9.17) is 5.73 Å². The van der Waals surface area contributed by atoms with Gasteiger partial charge in [-0.1, -0.05) is 0 Å². The van der Waals surface area contributed by atoms with Crippen molar-refractivity contribution in [3.63, 3.8) is 0 Å². The average molecular weight is 284 g/mol. The van der Waals surface area contributed by atoms with Gasteiger partial charge in [0.15, 0.2) is 0 Å². The van der Waals surface area contributed by atoms with Crippen LogP contribution in [0.4, 0.5) is 8.78 Å². The monoisotopic (exact) mass is 284 g/mol. The number of aromatic nitrogens is 1. The summed E-state index contributed by atoms with van der Waals surface area (Å²) in [6.07, 6.45) is -1.18. The highest BCUT2D eigenvalue weighted by molar-refractivity contribution is 14.1. The highest BCUT2D eigenvalue weighted by Crippen LogP contribution is 2.23. The number of hydrogen-bond donors (Lipinski definition) is 1. The summed E-state index contributed by atoms with van der Waals surface area (Å²) in [7, 11) is 0. The van der Waals surface area contributed by atoms with Crippen molar-refractivity contribution in [3.05, 3.63) is 27.1 Å². The summed E-state index contributed by atoms with van der Waals surface area (Å²) in [5.74, 6) is 0. The Morgan fingerprint density at radius 2 is 2.25 bits per heavy atom. The summed E-state index contributed by atoms with van der Waals surface area (Å²) in [5.41, 5.74) is 5.54. The van der Waals surface area contributed by atoms with Crippen molar-refractivity contribution in [2.45, 2.75) is 13.0 Å². The molecule has 0 aliphatic rings. The SMILES string of the molecule is NCc1c(I)ccnc1C(F)F. The van der Waals surface area contributed by atoms with E-state index < -0.39 is 6.43 Å². The van der Waals surface area contributed by atoms with E-state index in [1.807, 2.05) is 22.6 Å². The zero-order valence-corrected chi connectivity index (χ0v) is 8.26. The van der Waals surface area contributed by atoms with Crippen LogP contribution in [0.15, 0.2) is 12.3 Å². The molecule has 5 heteroatoms. The second kappa shape index (κ2) is 4.08. The summed E-state index contributed by atoms with van der Waals surface area (Å²) in [5, 5.41) is 0. The summed E-state index contributed by atoms with van der Waals surface area (Å²) < 4.78 is 25.3. The second-order valence-corrected chi connectivity index (χ2v) is 3.32. The fourth-order valence-electron chi connectivity index (χ4n) is 0.874. The standard InChI is InChI=1S/C7H7F2IN2/c8-7(9)6-4(3-11)5(10)1-2-12-6/h1-2,7H,3,11H2. The van der Waals surface area contributed by atoms with Gasteiger partial charge in [-0.2, -0.15) is 0 Å². The Bertz CT molecular complexity index is 278. The maximum absolute atomic E-state index is 12.3. The van der Waals surface area contributed by atoms with Gasteiger partial charge < -0.3 is 5.73 Å². The third-order valence-electron chi connectivity index (χ3n) is 1.44. The lowest BCUT2D eigenvalue weighted by atomic mass is 10.2. The molecule has 0 atom stereocenters. The first-order chi connectivity index (χ1) is 5.66. The van der Waals surface area contributed by atoms with Crippen LogP contribution in [0.2, 0.25) is 0 Å². The zero-order valence-electron chi connectivity index (χ0n) is 6.10. The molecule has 0 unspecified atom stereocenters. The van der Waals surface area contributed by atoms with E-state index in [1.165, 1.54) is 6.20 Å². The lowest BCUT2D eigenvalue weighted by Gasteiger charge is -2.06. The van der Waals surface area contributed by atoms with Crippen LogP contribution in [0.1, 0.15) is 17.7 Å². The van der Waals surface area contributed by atoms with Crippen LogP contribution in [0.5, 0.6) is 0 Å². The van der Waals surface area contributed by atoms with Gasteiger partial charge in [0.05, 0.1) is 0 Å². The van der Waals surface area contributed by atoms with Crippen LogP contribution in [0.3, 0.4) is 0 Å². The van der Waals surface area contributed by atoms with E-state index in [2.05, 4.69) is 4.98 Å². The Balaban J connectivity index is 3.18. The minimum atomic E-state index is -2.54. The molecular formula is C7H7F2IN2. The van der Waals surface area contributed by atoms with Crippen molar-refractivity contribution in [2.75, 3.05) is 0 Å². The Labute approximate surface area is 82.3 Å². The Hall–Kier alpha value is -0.300. The molecule has 0 saturated carbocycles. The first-order valence-electron chi connectivity index (χ1n) is 3.28. The van der Waals surface area contributed by atoms with Gasteiger partial charge >= 0.3 is 0 Å². The molecule has 0 spiro atoms. The summed E-state index contributed by atoms with van der Waals surface area (Å²) >= 11 is 1.97. The van der Waals surface area contributed by atoms with Crippen molar-refractivity contribution >= 4 is 22.6 Å². The van der Waals surface area contributed by atoms with Crippen molar-refractivity contribution in [2.24, 2.45) is 5.73 Å². The van der Waals surface area contributed by atoms with E-state index in [9.17, 15) is 8.78 Å². The predicted molar refractivity (Wildman–Crippen MR) is 49.8 cm³/mol. The lowest BCUT2D eigenvalue weighted by molar-refractivity contribution is 0.144. The van der Waals surface area contributed by atoms with Crippen LogP contribution in [0, 0.1) is 3.57 Å². The second-order valence-electron chi connectivity index (χ2n) is 2.16. The molecule has 0 aliphatic heterocycles. The Morgan fingerprint density at radius 3 is 2.67 bits per heavy atom. The topological polar surface area (TPSA) is 38.9 Å². The molecule has 2 nitrogen and oxygen atoms in total. The third-order valence-corrected chi connectivity index (χ3v) is 2.45. The molecule has 66 valence electrons. The van der Waals surface area contributed by atoms with E-state index in [-0.39, 0.29) is 12.2 Å². The van der Waals surface area contributed by atoms with Crippen molar-refractivity contribution in [1.82, 2.24) is 4.98 Å². The maximum atomic E-state index is 12.3. The molecule has 1 aromatic heterocycles. The molecule has 0 radical (unpaired) electrons. The highest BCUT2D eigenvalue weighted by atomic mass is 127. The first kappa shape index (κ1) is 9.79. The molecule has 1 rings (SSSR count). The molecule has 0 aliphatic carbocycles. The first-order valence-corrected chi connectivity index (χ1v) is 4.36. The normalized spacial score (nSPS) is 10.8. The molecule has 0 amide bonds. The molecule has 12 heavy (non-hydrogen) atoms. The highest BCUT2D eigenvalue weighted by Gasteiger charge is 2.15. The Morgan fingerprint density at radius 1 is 1.58 bits per heavy atom. The van der Waals surface area contributed by atoms with Crippen LogP contribution in [-0.2, 0) is 6.54 Å². The number of nitrogens with two attached hydrogens (primary N) is 1. The molecule has 0 bridgehead atoms. The van der Waals surface area contributed by atoms with Crippen LogP contribution in [-0.4, -0.2) is 4.98 Å². The summed E-state index contributed by atoms with van der Waals surface area (Å²) in [6.45, 7) is 0.103. The quantitative estimate of drug-likeness (QED) is 0.844. The van der Waals surface area contributed by atoms with Gasteiger partial charge in [-0.15, -0.1) is 0 Å². The van der Waals surface area contributed by atoms with Crippen molar-refractivity contribution in [1.29, 1.82) is 0 Å². The van der Waals surface area contributed by atoms with Crippen LogP contribution >= 0.6 is 22.6 Å². The van der Waals surface area contributed by atoms with E-state index >= 15 is 0 Å². The largest absolute Gasteiger partial charge is 0.326 e. The van der Waals surface area contributed by atoms with E-state index in [0.29, 0.717) is 5.56 Å². The number of rotatable bonds is 2. The molecule has 2 N–H and O–H groups in total. The fourth-order valence-corrected chi connectivity index (χ4v) is 1.53. The molecule has 0 saturated heterocycles. The fraction of sp³-hybridized carbons (Fsp3) is 0.286. The molecule has 1 heterocycles. The zero-order chi connectivity index (χ0) is 9.14. The van der Waals surface area contributed by atoms with Gasteiger partial charge in [0.1, 0.15) is 5.69 Å². The van der Waals surface area contributed by atoms with E-state index in [0.717, 1.165) is 3.57 Å². The van der Waals surface area contributed by atoms with Crippen molar-refractivity contribution < 1.29 is 8.78 Å². The number of nitrogens with zero attached hydrogens (tertiary/aromatic N) is 1. The summed E-state index contributed by atoms with van der Waals surface area (Å²) in [4.78, 5) is 3.58. The molecule has 0 aromatic carbocycles. The lowest BCUT2D eigenvalue weighted by Crippen LogP contribution is -2.06. The number of pyridine rings is 1. The third kappa shape index (κ3) is 1.89. The van der Waals surface area contributed by atoms with Gasteiger partial charge in [0.2, 0.25) is 0 Å². The van der Waals surface area contributed by atoms with Crippen molar-refractivity contribution in [3.8, 4) is 0 Å². The molecule has 0 fully saturated rings.